The second-order valence-electron chi connectivity index (χ2n) is 13.9. The number of oxime groups is 1. The summed E-state index contributed by atoms with van der Waals surface area (Å²) < 4.78 is 17.8. The highest BCUT2D eigenvalue weighted by atomic mass is 16.7. The number of benzene rings is 3. The van der Waals surface area contributed by atoms with Crippen LogP contribution in [0.25, 0.3) is 33.4 Å². The highest BCUT2D eigenvalue weighted by molar-refractivity contribution is 6.55. The minimum absolute atomic E-state index is 0.00636. The van der Waals surface area contributed by atoms with E-state index in [2.05, 4.69) is 5.16 Å². The van der Waals surface area contributed by atoms with Crippen molar-refractivity contribution in [3.63, 3.8) is 0 Å². The molecule has 8 rings (SSSR count). The Kier molecular flexibility index (Phi) is 9.13. The van der Waals surface area contributed by atoms with Gasteiger partial charge in [-0.05, 0) is 43.7 Å². The van der Waals surface area contributed by atoms with Gasteiger partial charge >= 0.3 is 11.9 Å². The average Bonchev–Trinajstić information content (AvgIpc) is 3.73. The van der Waals surface area contributed by atoms with Gasteiger partial charge in [-0.25, -0.2) is 14.6 Å². The van der Waals surface area contributed by atoms with Crippen molar-refractivity contribution in [2.45, 2.75) is 45.1 Å². The molecule has 0 N–H and O–H groups in total. The van der Waals surface area contributed by atoms with E-state index in [1.54, 1.807) is 24.3 Å². The van der Waals surface area contributed by atoms with E-state index < -0.39 is 112 Å². The summed E-state index contributed by atoms with van der Waals surface area (Å²) in [7, 11) is 1.26. The van der Waals surface area contributed by atoms with Crippen molar-refractivity contribution in [2.24, 2.45) is 5.16 Å². The van der Waals surface area contributed by atoms with E-state index >= 15 is 0 Å². The molecule has 0 bridgehead atoms. The van der Waals surface area contributed by atoms with Crippen LogP contribution in [0.4, 0.5) is 27.5 Å². The van der Waals surface area contributed by atoms with Gasteiger partial charge in [0.2, 0.25) is 25.4 Å². The Morgan fingerprint density at radius 3 is 2.10 bits per heavy atom. The first-order valence-electron chi connectivity index (χ1n) is 17.9. The van der Waals surface area contributed by atoms with Gasteiger partial charge in [-0.1, -0.05) is 12.1 Å². The van der Waals surface area contributed by atoms with Crippen LogP contribution in [-0.4, -0.2) is 66.7 Å². The van der Waals surface area contributed by atoms with Crippen molar-refractivity contribution in [1.82, 2.24) is 9.55 Å². The van der Waals surface area contributed by atoms with Crippen LogP contribution in [0.3, 0.4) is 0 Å². The molecule has 0 saturated carbocycles. The zero-order valence-corrected chi connectivity index (χ0v) is 31.6. The number of rotatable bonds is 10. The minimum atomic E-state index is -2.22. The first kappa shape index (κ1) is 39.4. The van der Waals surface area contributed by atoms with Crippen LogP contribution < -0.4 is 10.3 Å². The summed E-state index contributed by atoms with van der Waals surface area (Å²) in [5.41, 5.74) is -7.05. The third-order valence-electron chi connectivity index (χ3n) is 10.4. The number of nitro groups is 4. The Bertz CT molecular complexity index is 2940. The molecule has 5 aromatic rings. The Balaban J connectivity index is 1.18. The van der Waals surface area contributed by atoms with Gasteiger partial charge in [0.05, 0.1) is 72.0 Å². The Morgan fingerprint density at radius 1 is 0.918 bits per heavy atom. The van der Waals surface area contributed by atoms with E-state index in [1.807, 2.05) is 0 Å². The zero-order chi connectivity index (χ0) is 43.8. The fourth-order valence-corrected chi connectivity index (χ4v) is 7.65. The maximum atomic E-state index is 14.0. The molecule has 4 heterocycles. The maximum absolute atomic E-state index is 14.0. The van der Waals surface area contributed by atoms with Crippen LogP contribution in [0.15, 0.2) is 64.5 Å². The fraction of sp³-hybridized carbons (Fsp3) is 0.189. The molecule has 306 valence electrons. The molecule has 61 heavy (non-hydrogen) atoms. The number of cyclic esters (lactones) is 1. The average molecular weight is 833 g/mol. The van der Waals surface area contributed by atoms with Crippen LogP contribution in [0.5, 0.6) is 5.75 Å². The van der Waals surface area contributed by atoms with Crippen molar-refractivity contribution in [2.75, 3.05) is 0 Å². The van der Waals surface area contributed by atoms with Gasteiger partial charge in [-0.15, -0.1) is 0 Å². The standard InChI is InChI=1S/C37H24BN7O16/c1-3-37(24-12-28-31-17(13-41(28)33(46)23(24)14-58-35(37)48)6-16-7-20(59-36(38)49)4-5-25(16)39-31)60-34(47)15(2)61-40-32-21-8-18(42(50)51)10-26(44(54)55)29(21)30-22(32)9-19(43(52)53)11-27(30)45(56)57/h4-12,15H,3,13-14,38H2,1-2H3/t15-,37-/m0/s1. The third-order valence-corrected chi connectivity index (χ3v) is 10.4. The highest BCUT2D eigenvalue weighted by Gasteiger charge is 2.51. The SMILES string of the molecule is BC(=O)Oc1ccc2nc3c(cc2c1)Cn1c-3cc2c(c1=O)COC(=O)[C@@]2(CC)OC(=O)[C@H](C)ON=C1c2cc([N+](=O)[O-])cc([N+](=O)[O-])c2-c2c1cc([N+](=O)[O-])cc2[N+](=O)[O-]. The lowest BCUT2D eigenvalue weighted by molar-refractivity contribution is -0.395. The van der Waals surface area contributed by atoms with Crippen LogP contribution >= 0.6 is 0 Å². The normalized spacial score (nSPS) is 15.9. The molecule has 0 spiro atoms. The summed E-state index contributed by atoms with van der Waals surface area (Å²) in [5.74, 6) is -2.52. The van der Waals surface area contributed by atoms with Crippen molar-refractivity contribution in [3.05, 3.63) is 133 Å². The number of ether oxygens (including phenoxy) is 3. The molecule has 23 nitrogen and oxygen atoms in total. The zero-order valence-electron chi connectivity index (χ0n) is 31.6. The van der Waals surface area contributed by atoms with Crippen molar-refractivity contribution < 1.29 is 53.1 Å². The molecule has 2 aromatic heterocycles. The van der Waals surface area contributed by atoms with E-state index in [4.69, 9.17) is 24.0 Å². The number of carbonyl (C=O) groups is 3. The van der Waals surface area contributed by atoms with Crippen LogP contribution in [0.1, 0.15) is 48.1 Å². The molecule has 0 fully saturated rings. The smallest absolute Gasteiger partial charge is 0.355 e. The van der Waals surface area contributed by atoms with E-state index in [0.717, 1.165) is 19.1 Å². The fourth-order valence-electron chi connectivity index (χ4n) is 7.65. The summed E-state index contributed by atoms with van der Waals surface area (Å²) >= 11 is 0. The topological polar surface area (TPSA) is 308 Å². The maximum Gasteiger partial charge on any atom is 0.355 e. The predicted octanol–water partition coefficient (Wildman–Crippen LogP) is 4.23. The molecule has 1 aliphatic carbocycles. The van der Waals surface area contributed by atoms with Gasteiger partial charge in [0.25, 0.3) is 28.3 Å². The molecule has 0 saturated heterocycles. The number of hydrogen-bond donors (Lipinski definition) is 0. The summed E-state index contributed by atoms with van der Waals surface area (Å²) in [5, 5.41) is 52.4. The quantitative estimate of drug-likeness (QED) is 0.0805. The summed E-state index contributed by atoms with van der Waals surface area (Å²) in [6.45, 7) is 2.23. The summed E-state index contributed by atoms with van der Waals surface area (Å²) in [6.07, 6.45) is -2.03. The molecule has 2 atom stereocenters. The molecule has 3 aliphatic rings. The molecular weight excluding hydrogens is 809 g/mol. The molecule has 24 heteroatoms. The van der Waals surface area contributed by atoms with Crippen LogP contribution in [-0.2, 0) is 42.7 Å². The van der Waals surface area contributed by atoms with E-state index in [-0.39, 0.29) is 24.1 Å². The molecule has 3 aromatic carbocycles. The minimum Gasteiger partial charge on any atom is -0.457 e. The molecule has 0 radical (unpaired) electrons. The van der Waals surface area contributed by atoms with Crippen LogP contribution in [0.2, 0.25) is 0 Å². The number of aromatic nitrogens is 2. The summed E-state index contributed by atoms with van der Waals surface area (Å²) in [4.78, 5) is 107. The van der Waals surface area contributed by atoms with Gasteiger partial charge in [-0.3, -0.25) is 50.0 Å². The largest absolute Gasteiger partial charge is 0.457 e. The number of pyridine rings is 2. The number of nitrogens with zero attached hydrogens (tertiary/aromatic N) is 7. The van der Waals surface area contributed by atoms with E-state index in [1.165, 1.54) is 25.4 Å². The van der Waals surface area contributed by atoms with Gasteiger partial charge < -0.3 is 23.6 Å². The number of esters is 2. The Labute approximate surface area is 339 Å². The lowest BCUT2D eigenvalue weighted by atomic mass is 9.85. The van der Waals surface area contributed by atoms with Crippen molar-refractivity contribution in [1.29, 1.82) is 0 Å². The number of carbonyl (C=O) groups excluding carboxylic acids is 3. The van der Waals surface area contributed by atoms with E-state index in [9.17, 15) is 59.6 Å². The second-order valence-corrected chi connectivity index (χ2v) is 13.9. The monoisotopic (exact) mass is 833 g/mol. The molecule has 0 unspecified atom stereocenters. The van der Waals surface area contributed by atoms with E-state index in [0.29, 0.717) is 45.7 Å². The molecule has 2 aliphatic heterocycles. The molecular formula is C37H24BN7O16. The predicted molar refractivity (Wildman–Crippen MR) is 208 cm³/mol. The van der Waals surface area contributed by atoms with Crippen molar-refractivity contribution in [3.8, 4) is 28.3 Å². The summed E-state index contributed by atoms with van der Waals surface area (Å²) in [6, 6.07) is 10.8. The van der Waals surface area contributed by atoms with Crippen molar-refractivity contribution >= 4 is 65.0 Å². The third kappa shape index (κ3) is 6.23. The second kappa shape index (κ2) is 14.1. The number of non-ortho nitro benzene ring substituents is 2. The number of nitro benzene ring substituents is 4. The Hall–Kier alpha value is -8.44. The number of hydrogen-bond acceptors (Lipinski definition) is 18. The Morgan fingerprint density at radius 2 is 1.54 bits per heavy atom. The lowest BCUT2D eigenvalue weighted by Crippen LogP contribution is -2.48. The van der Waals surface area contributed by atoms with Crippen LogP contribution in [0, 0.1) is 40.5 Å². The van der Waals surface area contributed by atoms with Gasteiger partial charge in [0, 0.05) is 39.8 Å². The lowest BCUT2D eigenvalue weighted by Gasteiger charge is -2.36. The first-order valence-corrected chi connectivity index (χ1v) is 17.9. The number of fused-ring (bicyclic) bond motifs is 8. The first-order chi connectivity index (χ1) is 28.9. The van der Waals surface area contributed by atoms with Gasteiger partial charge in [-0.2, -0.15) is 0 Å². The molecule has 0 amide bonds. The van der Waals surface area contributed by atoms with Gasteiger partial charge in [0.1, 0.15) is 18.1 Å². The highest BCUT2D eigenvalue weighted by Crippen LogP contribution is 2.50. The van der Waals surface area contributed by atoms with Gasteiger partial charge in [0.15, 0.2) is 0 Å².